The van der Waals surface area contributed by atoms with Crippen molar-refractivity contribution < 1.29 is 0 Å². The fraction of sp³-hybridized carbons (Fsp3) is 0.462. The maximum Gasteiger partial charge on any atom is 0.101 e. The number of nitriles is 1. The number of halogens is 1. The van der Waals surface area contributed by atoms with Gasteiger partial charge in [0.2, 0.25) is 0 Å². The van der Waals surface area contributed by atoms with Gasteiger partial charge in [0.25, 0.3) is 0 Å². The summed E-state index contributed by atoms with van der Waals surface area (Å²) in [5.74, 6) is 0.798. The summed E-state index contributed by atoms with van der Waals surface area (Å²) in [7, 11) is 2.04. The third-order valence-electron chi connectivity index (χ3n) is 3.25. The lowest BCUT2D eigenvalue weighted by Crippen LogP contribution is -2.29. The van der Waals surface area contributed by atoms with Crippen LogP contribution in [-0.4, -0.2) is 13.6 Å². The largest absolute Gasteiger partial charge is 0.373 e. The molecule has 1 saturated carbocycles. The number of hydrogen-bond donors (Lipinski definition) is 0. The van der Waals surface area contributed by atoms with Crippen molar-refractivity contribution in [1.82, 2.24) is 0 Å². The molecule has 0 unspecified atom stereocenters. The average Bonchev–Trinajstić information content (AvgIpc) is 2.23. The lowest BCUT2D eigenvalue weighted by atomic mass is 9.85. The minimum atomic E-state index is 0.623. The van der Waals surface area contributed by atoms with Crippen LogP contribution in [0.1, 0.15) is 24.8 Å². The van der Waals surface area contributed by atoms with Gasteiger partial charge in [-0.1, -0.05) is 18.0 Å². The second kappa shape index (κ2) is 4.76. The van der Waals surface area contributed by atoms with Crippen molar-refractivity contribution in [2.75, 3.05) is 18.5 Å². The van der Waals surface area contributed by atoms with Crippen molar-refractivity contribution in [3.8, 4) is 6.07 Å². The average molecular weight is 235 g/mol. The summed E-state index contributed by atoms with van der Waals surface area (Å²) >= 11 is 5.87. The third kappa shape index (κ3) is 2.31. The topological polar surface area (TPSA) is 27.0 Å². The zero-order valence-corrected chi connectivity index (χ0v) is 10.2. The molecule has 0 heterocycles. The minimum absolute atomic E-state index is 0.623. The van der Waals surface area contributed by atoms with Crippen molar-refractivity contribution in [3.05, 3.63) is 28.8 Å². The second-order valence-corrected chi connectivity index (χ2v) is 4.89. The summed E-state index contributed by atoms with van der Waals surface area (Å²) in [5, 5.41) is 9.68. The first-order valence-electron chi connectivity index (χ1n) is 5.61. The van der Waals surface area contributed by atoms with E-state index in [0.717, 1.165) is 18.2 Å². The van der Waals surface area contributed by atoms with Crippen molar-refractivity contribution in [2.24, 2.45) is 5.92 Å². The summed E-state index contributed by atoms with van der Waals surface area (Å²) in [6, 6.07) is 7.70. The fourth-order valence-electron chi connectivity index (χ4n) is 2.09. The monoisotopic (exact) mass is 234 g/mol. The Balaban J connectivity index is 2.15. The zero-order chi connectivity index (χ0) is 11.5. The quantitative estimate of drug-likeness (QED) is 0.801. The molecule has 2 rings (SSSR count). The third-order valence-corrected chi connectivity index (χ3v) is 3.48. The first kappa shape index (κ1) is 11.3. The number of nitrogens with zero attached hydrogens (tertiary/aromatic N) is 2. The molecule has 1 aromatic rings. The summed E-state index contributed by atoms with van der Waals surface area (Å²) in [4.78, 5) is 2.17. The highest BCUT2D eigenvalue weighted by Crippen LogP contribution is 2.30. The van der Waals surface area contributed by atoms with E-state index in [2.05, 4.69) is 11.0 Å². The molecule has 0 N–H and O–H groups in total. The van der Waals surface area contributed by atoms with Crippen LogP contribution in [0.25, 0.3) is 0 Å². The number of rotatable bonds is 3. The molecule has 1 aromatic carbocycles. The molecule has 0 spiro atoms. The zero-order valence-electron chi connectivity index (χ0n) is 9.41. The van der Waals surface area contributed by atoms with Crippen LogP contribution in [0.15, 0.2) is 18.2 Å². The van der Waals surface area contributed by atoms with Crippen molar-refractivity contribution in [2.45, 2.75) is 19.3 Å². The predicted molar refractivity (Wildman–Crippen MR) is 66.8 cm³/mol. The lowest BCUT2D eigenvalue weighted by Gasteiger charge is -2.31. The molecule has 0 amide bonds. The van der Waals surface area contributed by atoms with E-state index in [1.165, 1.54) is 19.3 Å². The normalized spacial score (nSPS) is 15.3. The van der Waals surface area contributed by atoms with E-state index in [4.69, 9.17) is 16.9 Å². The van der Waals surface area contributed by atoms with Gasteiger partial charge in [-0.3, -0.25) is 0 Å². The van der Waals surface area contributed by atoms with Gasteiger partial charge in [0.05, 0.1) is 11.3 Å². The predicted octanol–water partition coefficient (Wildman–Crippen LogP) is 3.45. The molecule has 0 aromatic heterocycles. The number of anilines is 1. The van der Waals surface area contributed by atoms with E-state index >= 15 is 0 Å². The van der Waals surface area contributed by atoms with Gasteiger partial charge < -0.3 is 4.90 Å². The van der Waals surface area contributed by atoms with Crippen LogP contribution < -0.4 is 4.90 Å². The Morgan fingerprint density at radius 3 is 2.81 bits per heavy atom. The van der Waals surface area contributed by atoms with Gasteiger partial charge in [0.1, 0.15) is 6.07 Å². The highest BCUT2D eigenvalue weighted by molar-refractivity contribution is 6.30. The molecular weight excluding hydrogens is 220 g/mol. The van der Waals surface area contributed by atoms with E-state index in [1.807, 2.05) is 19.2 Å². The van der Waals surface area contributed by atoms with Gasteiger partial charge >= 0.3 is 0 Å². The SMILES string of the molecule is CN(CC1CCC1)c1ccc(Cl)cc1C#N. The van der Waals surface area contributed by atoms with E-state index in [9.17, 15) is 0 Å². The molecule has 3 heteroatoms. The molecule has 0 saturated heterocycles. The molecule has 84 valence electrons. The van der Waals surface area contributed by atoms with Gasteiger partial charge in [-0.25, -0.2) is 0 Å². The van der Waals surface area contributed by atoms with Crippen molar-refractivity contribution >= 4 is 17.3 Å². The van der Waals surface area contributed by atoms with Crippen molar-refractivity contribution in [1.29, 1.82) is 5.26 Å². The van der Waals surface area contributed by atoms with Gasteiger partial charge in [-0.15, -0.1) is 0 Å². The van der Waals surface area contributed by atoms with Gasteiger partial charge in [-0.2, -0.15) is 5.26 Å². The van der Waals surface area contributed by atoms with Crippen molar-refractivity contribution in [3.63, 3.8) is 0 Å². The number of benzene rings is 1. The lowest BCUT2D eigenvalue weighted by molar-refractivity contribution is 0.321. The van der Waals surface area contributed by atoms with Crippen LogP contribution in [0, 0.1) is 17.2 Å². The van der Waals surface area contributed by atoms with E-state index in [0.29, 0.717) is 10.6 Å². The molecule has 1 aliphatic rings. The summed E-state index contributed by atoms with van der Waals surface area (Å²) in [6.45, 7) is 1.04. The highest BCUT2D eigenvalue weighted by Gasteiger charge is 2.20. The molecule has 2 nitrogen and oxygen atoms in total. The van der Waals surface area contributed by atoms with E-state index in [-0.39, 0.29) is 0 Å². The first-order valence-corrected chi connectivity index (χ1v) is 5.99. The fourth-order valence-corrected chi connectivity index (χ4v) is 2.26. The molecule has 0 bridgehead atoms. The minimum Gasteiger partial charge on any atom is -0.373 e. The molecule has 16 heavy (non-hydrogen) atoms. The summed E-state index contributed by atoms with van der Waals surface area (Å²) in [5.41, 5.74) is 1.65. The molecular formula is C13H15ClN2. The van der Waals surface area contributed by atoms with Crippen LogP contribution in [0.3, 0.4) is 0 Å². The van der Waals surface area contributed by atoms with E-state index < -0.39 is 0 Å². The van der Waals surface area contributed by atoms with Gasteiger partial charge in [-0.05, 0) is 37.0 Å². The molecule has 0 aliphatic heterocycles. The van der Waals surface area contributed by atoms with Crippen LogP contribution >= 0.6 is 11.6 Å². The number of hydrogen-bond acceptors (Lipinski definition) is 2. The smallest absolute Gasteiger partial charge is 0.101 e. The molecule has 1 aliphatic carbocycles. The summed E-state index contributed by atoms with van der Waals surface area (Å²) < 4.78 is 0. The Bertz CT molecular complexity index is 418. The Labute approximate surface area is 101 Å². The molecule has 0 atom stereocenters. The Morgan fingerprint density at radius 2 is 2.25 bits per heavy atom. The van der Waals surface area contributed by atoms with Gasteiger partial charge in [0, 0.05) is 18.6 Å². The highest BCUT2D eigenvalue weighted by atomic mass is 35.5. The van der Waals surface area contributed by atoms with Gasteiger partial charge in [0.15, 0.2) is 0 Å². The van der Waals surface area contributed by atoms with Crippen LogP contribution in [0.4, 0.5) is 5.69 Å². The van der Waals surface area contributed by atoms with Crippen LogP contribution in [-0.2, 0) is 0 Å². The standard InChI is InChI=1S/C13H15ClN2/c1-16(9-10-3-2-4-10)13-6-5-12(14)7-11(13)8-15/h5-7,10H,2-4,9H2,1H3. The Hall–Kier alpha value is -1.20. The Morgan fingerprint density at radius 1 is 1.50 bits per heavy atom. The first-order chi connectivity index (χ1) is 7.70. The summed E-state index contributed by atoms with van der Waals surface area (Å²) in [6.07, 6.45) is 3.99. The molecule has 1 fully saturated rings. The Kier molecular flexibility index (Phi) is 3.36. The molecule has 0 radical (unpaired) electrons. The van der Waals surface area contributed by atoms with E-state index in [1.54, 1.807) is 6.07 Å². The maximum absolute atomic E-state index is 9.06. The van der Waals surface area contributed by atoms with Crippen LogP contribution in [0.5, 0.6) is 0 Å². The maximum atomic E-state index is 9.06. The van der Waals surface area contributed by atoms with Crippen LogP contribution in [0.2, 0.25) is 5.02 Å². The second-order valence-electron chi connectivity index (χ2n) is 4.45.